The number of halogens is 4. The van der Waals surface area contributed by atoms with Gasteiger partial charge in [0, 0.05) is 18.1 Å². The molecule has 0 saturated carbocycles. The van der Waals surface area contributed by atoms with Gasteiger partial charge in [-0.25, -0.2) is 17.6 Å². The molecule has 0 fully saturated rings. The second kappa shape index (κ2) is 5.45. The largest absolute Gasteiger partial charge is 0.294 e. The van der Waals surface area contributed by atoms with Gasteiger partial charge in [-0.2, -0.15) is 0 Å². The molecule has 0 heterocycles. The van der Waals surface area contributed by atoms with E-state index in [4.69, 9.17) is 0 Å². The lowest BCUT2D eigenvalue weighted by atomic mass is 10.00. The van der Waals surface area contributed by atoms with Crippen molar-refractivity contribution in [1.82, 2.24) is 0 Å². The molecule has 5 heteroatoms. The third-order valence-corrected chi connectivity index (χ3v) is 2.95. The lowest BCUT2D eigenvalue weighted by Crippen LogP contribution is -2.10. The molecule has 0 radical (unpaired) electrons. The zero-order valence-electron chi connectivity index (χ0n) is 10.5. The molecule has 0 saturated heterocycles. The van der Waals surface area contributed by atoms with Gasteiger partial charge in [0.25, 0.3) is 0 Å². The molecule has 0 unspecified atom stereocenters. The van der Waals surface area contributed by atoms with Crippen molar-refractivity contribution in [2.75, 3.05) is 0 Å². The quantitative estimate of drug-likeness (QED) is 0.615. The van der Waals surface area contributed by atoms with Gasteiger partial charge in [-0.3, -0.25) is 4.79 Å². The Balaban J connectivity index is 2.36. The Morgan fingerprint density at radius 3 is 2.15 bits per heavy atom. The highest BCUT2D eigenvalue weighted by atomic mass is 19.1. The normalized spacial score (nSPS) is 10.7. The summed E-state index contributed by atoms with van der Waals surface area (Å²) in [6.07, 6.45) is -0.625. The van der Waals surface area contributed by atoms with Gasteiger partial charge < -0.3 is 0 Å². The lowest BCUT2D eigenvalue weighted by Gasteiger charge is -2.07. The van der Waals surface area contributed by atoms with Crippen molar-refractivity contribution in [1.29, 1.82) is 0 Å². The fourth-order valence-electron chi connectivity index (χ4n) is 1.83. The molecule has 0 atom stereocenters. The van der Waals surface area contributed by atoms with Crippen LogP contribution in [0.25, 0.3) is 0 Å². The van der Waals surface area contributed by atoms with Crippen LogP contribution in [0.2, 0.25) is 0 Å². The van der Waals surface area contributed by atoms with Crippen molar-refractivity contribution in [2.45, 2.75) is 13.3 Å². The van der Waals surface area contributed by atoms with Crippen LogP contribution in [-0.2, 0) is 6.42 Å². The summed E-state index contributed by atoms with van der Waals surface area (Å²) in [5.74, 6) is -4.39. The van der Waals surface area contributed by atoms with E-state index in [1.165, 1.54) is 13.0 Å². The molecule has 0 N–H and O–H groups in total. The van der Waals surface area contributed by atoms with Crippen molar-refractivity contribution < 1.29 is 22.4 Å². The van der Waals surface area contributed by atoms with Crippen LogP contribution in [0.5, 0.6) is 0 Å². The Kier molecular flexibility index (Phi) is 3.88. The summed E-state index contributed by atoms with van der Waals surface area (Å²) in [4.78, 5) is 11.9. The molecule has 0 amide bonds. The minimum atomic E-state index is -1.05. The molecule has 20 heavy (non-hydrogen) atoms. The van der Waals surface area contributed by atoms with Gasteiger partial charge in [-0.1, -0.05) is 6.07 Å². The molecule has 0 aromatic heterocycles. The Morgan fingerprint density at radius 2 is 1.55 bits per heavy atom. The molecular weight excluding hydrogens is 272 g/mol. The predicted molar refractivity (Wildman–Crippen MR) is 65.5 cm³/mol. The number of hydrogen-bond donors (Lipinski definition) is 0. The Labute approximate surface area is 112 Å². The van der Waals surface area contributed by atoms with Crippen molar-refractivity contribution in [3.8, 4) is 0 Å². The topological polar surface area (TPSA) is 17.1 Å². The summed E-state index contributed by atoms with van der Waals surface area (Å²) in [6, 6.07) is 4.81. The number of hydrogen-bond acceptors (Lipinski definition) is 1. The summed E-state index contributed by atoms with van der Waals surface area (Å²) in [6.45, 7) is 1.37. The van der Waals surface area contributed by atoms with Crippen LogP contribution in [0, 0.1) is 30.2 Å². The monoisotopic (exact) mass is 282 g/mol. The van der Waals surface area contributed by atoms with Crippen molar-refractivity contribution in [3.05, 3.63) is 70.3 Å². The van der Waals surface area contributed by atoms with E-state index in [9.17, 15) is 22.4 Å². The fourth-order valence-corrected chi connectivity index (χ4v) is 1.83. The number of ketones is 1. The van der Waals surface area contributed by atoms with Gasteiger partial charge >= 0.3 is 0 Å². The van der Waals surface area contributed by atoms with Crippen LogP contribution in [0.1, 0.15) is 21.5 Å². The average molecular weight is 282 g/mol. The lowest BCUT2D eigenvalue weighted by molar-refractivity contribution is 0.0986. The highest BCUT2D eigenvalue weighted by Crippen LogP contribution is 2.19. The summed E-state index contributed by atoms with van der Waals surface area (Å²) in [5, 5.41) is 0. The molecule has 0 bridgehead atoms. The highest BCUT2D eigenvalue weighted by Gasteiger charge is 2.18. The molecule has 2 aromatic carbocycles. The van der Waals surface area contributed by atoms with Crippen LogP contribution in [0.15, 0.2) is 30.3 Å². The molecule has 0 aliphatic rings. The number of carbonyl (C=O) groups is 1. The van der Waals surface area contributed by atoms with E-state index in [0.717, 1.165) is 18.2 Å². The van der Waals surface area contributed by atoms with Crippen LogP contribution < -0.4 is 0 Å². The third kappa shape index (κ3) is 2.71. The minimum Gasteiger partial charge on any atom is -0.294 e. The first-order valence-electron chi connectivity index (χ1n) is 5.82. The molecule has 0 aliphatic carbocycles. The van der Waals surface area contributed by atoms with Gasteiger partial charge in [-0.05, 0) is 30.7 Å². The molecule has 0 spiro atoms. The maximum atomic E-state index is 13.5. The van der Waals surface area contributed by atoms with Gasteiger partial charge in [0.1, 0.15) is 23.3 Å². The maximum Gasteiger partial charge on any atom is 0.170 e. The van der Waals surface area contributed by atoms with E-state index in [1.54, 1.807) is 0 Å². The first-order valence-corrected chi connectivity index (χ1v) is 5.82. The SMILES string of the molecule is Cc1cc(C(=O)Cc2c(F)cccc2F)c(F)cc1F. The van der Waals surface area contributed by atoms with Crippen LogP contribution in [0.3, 0.4) is 0 Å². The molecule has 1 nitrogen and oxygen atoms in total. The zero-order chi connectivity index (χ0) is 14.9. The first-order chi connectivity index (χ1) is 9.40. The average Bonchev–Trinajstić information content (AvgIpc) is 2.38. The second-order valence-corrected chi connectivity index (χ2v) is 4.38. The highest BCUT2D eigenvalue weighted by molar-refractivity contribution is 5.98. The number of aryl methyl sites for hydroxylation is 1. The smallest absolute Gasteiger partial charge is 0.170 e. The zero-order valence-corrected chi connectivity index (χ0v) is 10.5. The number of Topliss-reactive ketones (excluding diaryl/α,β-unsaturated/α-hetero) is 1. The molecule has 2 rings (SSSR count). The summed E-state index contributed by atoms with van der Waals surface area (Å²) in [5.41, 5.74) is -0.728. The fraction of sp³-hybridized carbons (Fsp3) is 0.133. The van der Waals surface area contributed by atoms with E-state index < -0.39 is 41.0 Å². The predicted octanol–water partition coefficient (Wildman–Crippen LogP) is 3.98. The summed E-state index contributed by atoms with van der Waals surface area (Å²) in [7, 11) is 0. The third-order valence-electron chi connectivity index (χ3n) is 2.95. The standard InChI is InChI=1S/C15H10F4O/c1-8-5-10(14(19)7-13(8)18)15(20)6-9-11(16)3-2-4-12(9)17/h2-5,7H,6H2,1H3. The van der Waals surface area contributed by atoms with Crippen molar-refractivity contribution in [2.24, 2.45) is 0 Å². The van der Waals surface area contributed by atoms with Gasteiger partial charge in [0.05, 0.1) is 5.56 Å². The van der Waals surface area contributed by atoms with Gasteiger partial charge in [-0.15, -0.1) is 0 Å². The van der Waals surface area contributed by atoms with Crippen LogP contribution >= 0.6 is 0 Å². The molecular formula is C15H10F4O. The van der Waals surface area contributed by atoms with E-state index in [2.05, 4.69) is 0 Å². The van der Waals surface area contributed by atoms with Crippen molar-refractivity contribution in [3.63, 3.8) is 0 Å². The van der Waals surface area contributed by atoms with Crippen LogP contribution in [-0.4, -0.2) is 5.78 Å². The van der Waals surface area contributed by atoms with Crippen LogP contribution in [0.4, 0.5) is 17.6 Å². The van der Waals surface area contributed by atoms with Gasteiger partial charge in [0.2, 0.25) is 0 Å². The first kappa shape index (κ1) is 14.2. The Morgan fingerprint density at radius 1 is 0.950 bits per heavy atom. The van der Waals surface area contributed by atoms with Gasteiger partial charge in [0.15, 0.2) is 5.78 Å². The Hall–Kier alpha value is -2.17. The number of benzene rings is 2. The summed E-state index contributed by atoms with van der Waals surface area (Å²) < 4.78 is 53.5. The second-order valence-electron chi connectivity index (χ2n) is 4.38. The minimum absolute atomic E-state index is 0.0868. The Bertz CT molecular complexity index is 660. The molecule has 0 aliphatic heterocycles. The number of rotatable bonds is 3. The van der Waals surface area contributed by atoms with E-state index >= 15 is 0 Å². The molecule has 104 valence electrons. The van der Waals surface area contributed by atoms with E-state index in [1.807, 2.05) is 0 Å². The number of carbonyl (C=O) groups excluding carboxylic acids is 1. The van der Waals surface area contributed by atoms with Crippen molar-refractivity contribution >= 4 is 5.78 Å². The maximum absolute atomic E-state index is 13.5. The summed E-state index contributed by atoms with van der Waals surface area (Å²) >= 11 is 0. The van der Waals surface area contributed by atoms with E-state index in [0.29, 0.717) is 6.07 Å². The van der Waals surface area contributed by atoms with E-state index in [-0.39, 0.29) is 11.1 Å². The molecule has 2 aromatic rings.